The Bertz CT molecular complexity index is 882. The van der Waals surface area contributed by atoms with E-state index in [2.05, 4.69) is 0 Å². The van der Waals surface area contributed by atoms with Crippen LogP contribution in [0.5, 0.6) is 0 Å². The molecule has 8 heteroatoms. The lowest BCUT2D eigenvalue weighted by Gasteiger charge is -2.23. The minimum atomic E-state index is -0.772. The number of β-amino-alcohol motifs (C(OH)–C–C–N with tert-alkyl or cyclic N) is 1. The molecule has 0 bridgehead atoms. The molecule has 0 saturated carbocycles. The first-order valence-electron chi connectivity index (χ1n) is 8.86. The van der Waals surface area contributed by atoms with Crippen molar-refractivity contribution in [2.45, 2.75) is 31.4 Å². The Kier molecular flexibility index (Phi) is 6.06. The van der Waals surface area contributed by atoms with Crippen molar-refractivity contribution in [2.24, 2.45) is 0 Å². The van der Waals surface area contributed by atoms with Gasteiger partial charge in [0.05, 0.1) is 17.1 Å². The molecule has 1 amide bonds. The zero-order valence-electron chi connectivity index (χ0n) is 15.0. The summed E-state index contributed by atoms with van der Waals surface area (Å²) in [7, 11) is 0. The van der Waals surface area contributed by atoms with Crippen LogP contribution in [-0.2, 0) is 11.2 Å². The number of benzene rings is 2. The summed E-state index contributed by atoms with van der Waals surface area (Å²) in [6.07, 6.45) is 0.176. The SMILES string of the molecule is O=C(CCc1ccc(Cl)cc1)[C@@H]1C[C@@H](O)CN1C(=O)c1ccc([N+](=O)[O-])cc1. The van der Waals surface area contributed by atoms with Gasteiger partial charge in [0.2, 0.25) is 0 Å². The number of nitrogens with zero attached hydrogens (tertiary/aromatic N) is 2. The second-order valence-corrected chi connectivity index (χ2v) is 7.20. The van der Waals surface area contributed by atoms with Crippen molar-refractivity contribution in [3.05, 3.63) is 74.8 Å². The van der Waals surface area contributed by atoms with Crippen LogP contribution >= 0.6 is 11.6 Å². The summed E-state index contributed by atoms with van der Waals surface area (Å²) in [6.45, 7) is 0.0627. The molecule has 0 radical (unpaired) electrons. The first-order valence-corrected chi connectivity index (χ1v) is 9.23. The second-order valence-electron chi connectivity index (χ2n) is 6.76. The number of rotatable bonds is 6. The summed E-state index contributed by atoms with van der Waals surface area (Å²) in [5.74, 6) is -0.543. The van der Waals surface area contributed by atoms with Crippen LogP contribution in [-0.4, -0.2) is 45.3 Å². The predicted molar refractivity (Wildman–Crippen MR) is 103 cm³/mol. The van der Waals surface area contributed by atoms with Crippen LogP contribution in [0.4, 0.5) is 5.69 Å². The Balaban J connectivity index is 1.69. The van der Waals surface area contributed by atoms with Crippen LogP contribution in [0, 0.1) is 10.1 Å². The quantitative estimate of drug-likeness (QED) is 0.591. The van der Waals surface area contributed by atoms with Gasteiger partial charge in [0, 0.05) is 42.1 Å². The standard InChI is InChI=1S/C20H19ClN2O5/c21-15-6-1-13(2-7-15)3-10-19(25)18-11-17(24)12-22(18)20(26)14-4-8-16(9-5-14)23(27)28/h1-2,4-9,17-18,24H,3,10-12H2/t17-,18+/m1/s1. The fraction of sp³-hybridized carbons (Fsp3) is 0.300. The van der Waals surface area contributed by atoms with Gasteiger partial charge in [-0.15, -0.1) is 0 Å². The largest absolute Gasteiger partial charge is 0.391 e. The zero-order chi connectivity index (χ0) is 20.3. The van der Waals surface area contributed by atoms with E-state index in [0.29, 0.717) is 11.4 Å². The van der Waals surface area contributed by atoms with Gasteiger partial charge in [0.25, 0.3) is 11.6 Å². The number of amides is 1. The van der Waals surface area contributed by atoms with Crippen molar-refractivity contribution >= 4 is 29.0 Å². The van der Waals surface area contributed by atoms with Crippen molar-refractivity contribution in [3.8, 4) is 0 Å². The summed E-state index contributed by atoms with van der Waals surface area (Å²) in [5.41, 5.74) is 1.09. The van der Waals surface area contributed by atoms with E-state index in [1.54, 1.807) is 12.1 Å². The lowest BCUT2D eigenvalue weighted by molar-refractivity contribution is -0.384. The highest BCUT2D eigenvalue weighted by atomic mass is 35.5. The van der Waals surface area contributed by atoms with Gasteiger partial charge in [0.1, 0.15) is 0 Å². The predicted octanol–water partition coefficient (Wildman–Crippen LogP) is 3.03. The molecule has 0 aliphatic carbocycles. The number of nitro groups is 1. The van der Waals surface area contributed by atoms with Crippen LogP contribution in [0.25, 0.3) is 0 Å². The number of hydrogen-bond acceptors (Lipinski definition) is 5. The first kappa shape index (κ1) is 20.0. The monoisotopic (exact) mass is 402 g/mol. The first-order chi connectivity index (χ1) is 13.3. The van der Waals surface area contributed by atoms with Gasteiger partial charge in [-0.25, -0.2) is 0 Å². The maximum absolute atomic E-state index is 12.8. The van der Waals surface area contributed by atoms with Crippen LogP contribution in [0.2, 0.25) is 5.02 Å². The van der Waals surface area contributed by atoms with Gasteiger partial charge < -0.3 is 10.0 Å². The number of carbonyl (C=O) groups excluding carboxylic acids is 2. The summed E-state index contributed by atoms with van der Waals surface area (Å²) in [6, 6.07) is 11.7. The van der Waals surface area contributed by atoms with Crippen molar-refractivity contribution < 1.29 is 19.6 Å². The zero-order valence-corrected chi connectivity index (χ0v) is 15.7. The van der Waals surface area contributed by atoms with Crippen LogP contribution in [0.15, 0.2) is 48.5 Å². The number of nitro benzene ring substituents is 1. The number of likely N-dealkylation sites (tertiary alicyclic amines) is 1. The highest BCUT2D eigenvalue weighted by Gasteiger charge is 2.38. The van der Waals surface area contributed by atoms with Crippen LogP contribution in [0.3, 0.4) is 0 Å². The molecule has 28 heavy (non-hydrogen) atoms. The van der Waals surface area contributed by atoms with E-state index in [4.69, 9.17) is 11.6 Å². The molecule has 1 saturated heterocycles. The fourth-order valence-corrected chi connectivity index (χ4v) is 3.45. The average Bonchev–Trinajstić information content (AvgIpc) is 3.08. The minimum absolute atomic E-state index is 0.0627. The number of aliphatic hydroxyl groups is 1. The third-order valence-corrected chi connectivity index (χ3v) is 5.06. The molecule has 146 valence electrons. The summed E-state index contributed by atoms with van der Waals surface area (Å²) >= 11 is 5.86. The van der Waals surface area contributed by atoms with E-state index >= 15 is 0 Å². The molecule has 1 fully saturated rings. The Labute approximate surface area is 166 Å². The molecule has 2 aromatic carbocycles. The minimum Gasteiger partial charge on any atom is -0.391 e. The van der Waals surface area contributed by atoms with E-state index in [9.17, 15) is 24.8 Å². The third-order valence-electron chi connectivity index (χ3n) is 4.81. The van der Waals surface area contributed by atoms with Crippen molar-refractivity contribution in [1.82, 2.24) is 4.90 Å². The van der Waals surface area contributed by atoms with Crippen molar-refractivity contribution in [1.29, 1.82) is 0 Å². The molecule has 1 aliphatic rings. The highest BCUT2D eigenvalue weighted by molar-refractivity contribution is 6.30. The van der Waals surface area contributed by atoms with Gasteiger partial charge >= 0.3 is 0 Å². The third kappa shape index (κ3) is 4.55. The molecule has 0 aromatic heterocycles. The number of non-ortho nitro benzene ring substituents is 1. The van der Waals surface area contributed by atoms with E-state index < -0.39 is 23.0 Å². The summed E-state index contributed by atoms with van der Waals surface area (Å²) in [4.78, 5) is 37.0. The number of Topliss-reactive ketones (excluding diaryl/α,β-unsaturated/α-hetero) is 1. The Morgan fingerprint density at radius 1 is 1.14 bits per heavy atom. The molecule has 2 atom stereocenters. The highest BCUT2D eigenvalue weighted by Crippen LogP contribution is 2.24. The number of aryl methyl sites for hydroxylation is 1. The van der Waals surface area contributed by atoms with Crippen molar-refractivity contribution in [3.63, 3.8) is 0 Å². The molecule has 1 heterocycles. The average molecular weight is 403 g/mol. The van der Waals surface area contributed by atoms with Gasteiger partial charge in [-0.3, -0.25) is 19.7 Å². The second kappa shape index (κ2) is 8.50. The number of halogens is 1. The van der Waals surface area contributed by atoms with Crippen LogP contribution < -0.4 is 0 Å². The molecular formula is C20H19ClN2O5. The molecule has 1 N–H and O–H groups in total. The number of carbonyl (C=O) groups is 2. The lowest BCUT2D eigenvalue weighted by Crippen LogP contribution is -2.40. The van der Waals surface area contributed by atoms with E-state index in [1.807, 2.05) is 12.1 Å². The van der Waals surface area contributed by atoms with Gasteiger partial charge in [-0.1, -0.05) is 23.7 Å². The Morgan fingerprint density at radius 3 is 2.39 bits per heavy atom. The maximum atomic E-state index is 12.8. The van der Waals surface area contributed by atoms with E-state index in [0.717, 1.165) is 5.56 Å². The number of ketones is 1. The Hall–Kier alpha value is -2.77. The van der Waals surface area contributed by atoms with Gasteiger partial charge in [0.15, 0.2) is 5.78 Å². The lowest BCUT2D eigenvalue weighted by atomic mass is 10.0. The smallest absolute Gasteiger partial charge is 0.269 e. The fourth-order valence-electron chi connectivity index (χ4n) is 3.32. The number of aliphatic hydroxyl groups excluding tert-OH is 1. The molecule has 7 nitrogen and oxygen atoms in total. The maximum Gasteiger partial charge on any atom is 0.269 e. The van der Waals surface area contributed by atoms with Gasteiger partial charge in [-0.2, -0.15) is 0 Å². The van der Waals surface area contributed by atoms with Crippen LogP contribution in [0.1, 0.15) is 28.8 Å². The topological polar surface area (TPSA) is 101 Å². The normalized spacial score (nSPS) is 18.9. The van der Waals surface area contributed by atoms with E-state index in [-0.39, 0.29) is 36.4 Å². The van der Waals surface area contributed by atoms with Crippen molar-refractivity contribution in [2.75, 3.05) is 6.54 Å². The molecule has 0 spiro atoms. The molecule has 3 rings (SSSR count). The van der Waals surface area contributed by atoms with Gasteiger partial charge in [-0.05, 0) is 36.2 Å². The summed E-state index contributed by atoms with van der Waals surface area (Å²) < 4.78 is 0. The molecule has 2 aromatic rings. The molecular weight excluding hydrogens is 384 g/mol. The summed E-state index contributed by atoms with van der Waals surface area (Å²) in [5, 5.41) is 21.4. The molecule has 0 unspecified atom stereocenters. The Morgan fingerprint density at radius 2 is 1.79 bits per heavy atom. The number of hydrogen-bond donors (Lipinski definition) is 1. The van der Waals surface area contributed by atoms with E-state index in [1.165, 1.54) is 29.2 Å². The molecule has 1 aliphatic heterocycles.